The van der Waals surface area contributed by atoms with Crippen molar-refractivity contribution < 1.29 is 4.74 Å². The lowest BCUT2D eigenvalue weighted by Gasteiger charge is -2.11. The average molecular weight is 261 g/mol. The van der Waals surface area contributed by atoms with Crippen molar-refractivity contribution in [2.75, 3.05) is 6.61 Å². The van der Waals surface area contributed by atoms with Crippen molar-refractivity contribution >= 4 is 11.3 Å². The second-order valence-corrected chi connectivity index (χ2v) is 5.30. The highest BCUT2D eigenvalue weighted by molar-refractivity contribution is 7.09. The summed E-state index contributed by atoms with van der Waals surface area (Å²) in [5.74, 6) is 0.910. The summed E-state index contributed by atoms with van der Waals surface area (Å²) in [4.78, 5) is 1.36. The van der Waals surface area contributed by atoms with Gasteiger partial charge in [-0.05, 0) is 35.6 Å². The Kier molecular flexibility index (Phi) is 4.79. The number of benzene rings is 1. The molecule has 0 amide bonds. The SMILES string of the molecule is CCC(N)c1cccc(OCCc2cccs2)c1. The minimum Gasteiger partial charge on any atom is -0.493 e. The molecular formula is C15H19NOS. The smallest absolute Gasteiger partial charge is 0.119 e. The largest absolute Gasteiger partial charge is 0.493 e. The molecule has 2 aromatic rings. The molecule has 0 aliphatic rings. The molecule has 0 bridgehead atoms. The molecule has 0 saturated heterocycles. The molecule has 18 heavy (non-hydrogen) atoms. The Balaban J connectivity index is 1.89. The zero-order valence-electron chi connectivity index (χ0n) is 10.6. The van der Waals surface area contributed by atoms with Gasteiger partial charge in [-0.2, -0.15) is 0 Å². The van der Waals surface area contributed by atoms with Crippen molar-refractivity contribution in [3.63, 3.8) is 0 Å². The first-order valence-corrected chi connectivity index (χ1v) is 7.18. The fourth-order valence-electron chi connectivity index (χ4n) is 1.79. The number of rotatable bonds is 6. The van der Waals surface area contributed by atoms with E-state index in [4.69, 9.17) is 10.5 Å². The molecule has 1 heterocycles. The molecule has 0 fully saturated rings. The third-order valence-electron chi connectivity index (χ3n) is 2.92. The minimum atomic E-state index is 0.103. The Morgan fingerprint density at radius 1 is 1.28 bits per heavy atom. The van der Waals surface area contributed by atoms with Crippen LogP contribution in [0.25, 0.3) is 0 Å². The Bertz CT molecular complexity index is 467. The summed E-state index contributed by atoms with van der Waals surface area (Å²) in [6.07, 6.45) is 1.90. The molecule has 1 aromatic carbocycles. The number of thiophene rings is 1. The molecule has 0 spiro atoms. The van der Waals surface area contributed by atoms with Gasteiger partial charge in [-0.25, -0.2) is 0 Å². The van der Waals surface area contributed by atoms with Crippen LogP contribution >= 0.6 is 11.3 Å². The third-order valence-corrected chi connectivity index (χ3v) is 3.86. The third kappa shape index (κ3) is 3.59. The standard InChI is InChI=1S/C15H19NOS/c1-2-15(16)12-5-3-6-13(11-12)17-9-8-14-7-4-10-18-14/h3-7,10-11,15H,2,8-9,16H2,1H3. The van der Waals surface area contributed by atoms with Crippen molar-refractivity contribution in [2.45, 2.75) is 25.8 Å². The molecule has 0 saturated carbocycles. The number of hydrogen-bond donors (Lipinski definition) is 1. The molecule has 2 rings (SSSR count). The van der Waals surface area contributed by atoms with Crippen molar-refractivity contribution in [3.8, 4) is 5.75 Å². The van der Waals surface area contributed by atoms with Crippen molar-refractivity contribution in [1.29, 1.82) is 0 Å². The first-order valence-electron chi connectivity index (χ1n) is 6.30. The van der Waals surface area contributed by atoms with E-state index in [2.05, 4.69) is 30.5 Å². The van der Waals surface area contributed by atoms with Gasteiger partial charge in [-0.3, -0.25) is 0 Å². The van der Waals surface area contributed by atoms with Crippen LogP contribution in [0.4, 0.5) is 0 Å². The van der Waals surface area contributed by atoms with E-state index in [1.165, 1.54) is 4.88 Å². The monoisotopic (exact) mass is 261 g/mol. The summed E-state index contributed by atoms with van der Waals surface area (Å²) in [5, 5.41) is 2.09. The van der Waals surface area contributed by atoms with E-state index in [1.807, 2.05) is 18.2 Å². The van der Waals surface area contributed by atoms with E-state index in [0.717, 1.165) is 24.2 Å². The minimum absolute atomic E-state index is 0.103. The van der Waals surface area contributed by atoms with Crippen LogP contribution in [0, 0.1) is 0 Å². The summed E-state index contributed by atoms with van der Waals surface area (Å²) in [6.45, 7) is 2.81. The fraction of sp³-hybridized carbons (Fsp3) is 0.333. The van der Waals surface area contributed by atoms with Gasteiger partial charge in [0.05, 0.1) is 6.61 Å². The molecule has 1 atom stereocenters. The first kappa shape index (κ1) is 13.1. The van der Waals surface area contributed by atoms with Gasteiger partial charge in [0.15, 0.2) is 0 Å². The molecule has 0 aliphatic carbocycles. The summed E-state index contributed by atoms with van der Waals surface area (Å²) in [6, 6.07) is 12.4. The van der Waals surface area contributed by atoms with E-state index in [0.29, 0.717) is 6.61 Å². The Morgan fingerprint density at radius 3 is 2.89 bits per heavy atom. The zero-order chi connectivity index (χ0) is 12.8. The van der Waals surface area contributed by atoms with Gasteiger partial charge in [-0.15, -0.1) is 11.3 Å². The normalized spacial score (nSPS) is 12.3. The molecule has 3 heteroatoms. The quantitative estimate of drug-likeness (QED) is 0.859. The van der Waals surface area contributed by atoms with Crippen molar-refractivity contribution in [3.05, 3.63) is 52.2 Å². The first-order chi connectivity index (χ1) is 8.79. The van der Waals surface area contributed by atoms with Crippen LogP contribution in [0.2, 0.25) is 0 Å². The van der Waals surface area contributed by atoms with Gasteiger partial charge in [0.2, 0.25) is 0 Å². The Morgan fingerprint density at radius 2 is 2.17 bits per heavy atom. The lowest BCUT2D eigenvalue weighted by atomic mass is 10.1. The van der Waals surface area contributed by atoms with Gasteiger partial charge < -0.3 is 10.5 Å². The molecule has 0 aliphatic heterocycles. The van der Waals surface area contributed by atoms with E-state index in [1.54, 1.807) is 11.3 Å². The van der Waals surface area contributed by atoms with Gasteiger partial charge in [0.1, 0.15) is 5.75 Å². The van der Waals surface area contributed by atoms with Gasteiger partial charge in [-0.1, -0.05) is 25.1 Å². The highest BCUT2D eigenvalue weighted by Gasteiger charge is 2.04. The average Bonchev–Trinajstić information content (AvgIpc) is 2.91. The molecule has 1 unspecified atom stereocenters. The predicted octanol–water partition coefficient (Wildman–Crippen LogP) is 3.78. The summed E-state index contributed by atoms with van der Waals surface area (Å²) >= 11 is 1.77. The number of ether oxygens (including phenoxy) is 1. The van der Waals surface area contributed by atoms with E-state index < -0.39 is 0 Å². The summed E-state index contributed by atoms with van der Waals surface area (Å²) in [5.41, 5.74) is 7.16. The van der Waals surface area contributed by atoms with Crippen LogP contribution in [0.15, 0.2) is 41.8 Å². The maximum absolute atomic E-state index is 6.02. The Labute approximate surface area is 112 Å². The molecule has 2 N–H and O–H groups in total. The summed E-state index contributed by atoms with van der Waals surface area (Å²) < 4.78 is 5.77. The predicted molar refractivity (Wildman–Crippen MR) is 77.2 cm³/mol. The summed E-state index contributed by atoms with van der Waals surface area (Å²) in [7, 11) is 0. The molecule has 96 valence electrons. The Hall–Kier alpha value is -1.32. The van der Waals surface area contributed by atoms with Crippen molar-refractivity contribution in [2.24, 2.45) is 5.73 Å². The molecule has 1 aromatic heterocycles. The number of hydrogen-bond acceptors (Lipinski definition) is 3. The van der Waals surface area contributed by atoms with Crippen LogP contribution in [-0.2, 0) is 6.42 Å². The fourth-order valence-corrected chi connectivity index (χ4v) is 2.49. The van der Waals surface area contributed by atoms with Gasteiger partial charge in [0, 0.05) is 17.3 Å². The molecule has 2 nitrogen and oxygen atoms in total. The van der Waals surface area contributed by atoms with Crippen LogP contribution in [0.3, 0.4) is 0 Å². The second-order valence-electron chi connectivity index (χ2n) is 4.27. The topological polar surface area (TPSA) is 35.2 Å². The maximum atomic E-state index is 6.02. The van der Waals surface area contributed by atoms with Gasteiger partial charge >= 0.3 is 0 Å². The van der Waals surface area contributed by atoms with E-state index >= 15 is 0 Å². The van der Waals surface area contributed by atoms with E-state index in [-0.39, 0.29) is 6.04 Å². The zero-order valence-corrected chi connectivity index (χ0v) is 11.5. The maximum Gasteiger partial charge on any atom is 0.119 e. The lowest BCUT2D eigenvalue weighted by Crippen LogP contribution is -2.09. The van der Waals surface area contributed by atoms with Crippen LogP contribution in [0.1, 0.15) is 29.8 Å². The van der Waals surface area contributed by atoms with Crippen LogP contribution in [-0.4, -0.2) is 6.61 Å². The lowest BCUT2D eigenvalue weighted by molar-refractivity contribution is 0.322. The van der Waals surface area contributed by atoms with E-state index in [9.17, 15) is 0 Å². The molecular weight excluding hydrogens is 242 g/mol. The van der Waals surface area contributed by atoms with Crippen LogP contribution < -0.4 is 10.5 Å². The second kappa shape index (κ2) is 6.57. The van der Waals surface area contributed by atoms with Crippen molar-refractivity contribution in [1.82, 2.24) is 0 Å². The van der Waals surface area contributed by atoms with Crippen LogP contribution in [0.5, 0.6) is 5.75 Å². The number of nitrogens with two attached hydrogens (primary N) is 1. The highest BCUT2D eigenvalue weighted by Crippen LogP contribution is 2.20. The molecule has 0 radical (unpaired) electrons. The van der Waals surface area contributed by atoms with Gasteiger partial charge in [0.25, 0.3) is 0 Å². The highest BCUT2D eigenvalue weighted by atomic mass is 32.1.